The van der Waals surface area contributed by atoms with Crippen LogP contribution in [0.15, 0.2) is 29.4 Å². The van der Waals surface area contributed by atoms with Gasteiger partial charge in [0.25, 0.3) is 0 Å². The number of amides is 1. The van der Waals surface area contributed by atoms with Crippen LogP contribution in [0.2, 0.25) is 0 Å². The van der Waals surface area contributed by atoms with Gasteiger partial charge in [-0.15, -0.1) is 5.10 Å². The Kier molecular flexibility index (Phi) is 3.19. The highest BCUT2D eigenvalue weighted by Gasteiger charge is 2.08. The summed E-state index contributed by atoms with van der Waals surface area (Å²) in [5, 5.41) is 18.7. The number of hydrazone groups is 1. The minimum absolute atomic E-state index is 0.0114. The highest BCUT2D eigenvalue weighted by atomic mass is 16.3. The van der Waals surface area contributed by atoms with E-state index in [1.807, 2.05) is 0 Å². The van der Waals surface area contributed by atoms with Crippen LogP contribution >= 0.6 is 0 Å². The molecule has 8 nitrogen and oxygen atoms in total. The molecule has 0 atom stereocenters. The maximum atomic E-state index is 11.4. The number of hydrogen-bond donors (Lipinski definition) is 4. The molecular weight excluding hydrogens is 236 g/mol. The molecule has 0 fully saturated rings. The zero-order chi connectivity index (χ0) is 13.0. The van der Waals surface area contributed by atoms with E-state index in [4.69, 9.17) is 10.8 Å². The molecule has 0 saturated carbocycles. The second-order valence-corrected chi connectivity index (χ2v) is 3.33. The summed E-state index contributed by atoms with van der Waals surface area (Å²) in [5.74, 6) is -0.416. The van der Waals surface area contributed by atoms with Gasteiger partial charge in [0.2, 0.25) is 11.8 Å². The molecule has 1 aromatic carbocycles. The molecule has 92 valence electrons. The highest BCUT2D eigenvalue weighted by Crippen LogP contribution is 2.07. The van der Waals surface area contributed by atoms with E-state index in [-0.39, 0.29) is 17.5 Å². The van der Waals surface area contributed by atoms with E-state index in [0.717, 1.165) is 5.56 Å². The van der Waals surface area contributed by atoms with Crippen molar-refractivity contribution >= 4 is 18.1 Å². The number of nitrogens with one attached hydrogen (secondary N) is 2. The molecule has 2 rings (SSSR count). The summed E-state index contributed by atoms with van der Waals surface area (Å²) in [6.07, 6.45) is 1.43. The van der Waals surface area contributed by atoms with Crippen molar-refractivity contribution in [3.8, 4) is 5.75 Å². The zero-order valence-electron chi connectivity index (χ0n) is 9.16. The lowest BCUT2D eigenvalue weighted by atomic mass is 10.2. The predicted molar refractivity (Wildman–Crippen MR) is 64.0 cm³/mol. The Morgan fingerprint density at radius 2 is 2.17 bits per heavy atom. The lowest BCUT2D eigenvalue weighted by molar-refractivity contribution is 0.0945. The number of carbonyl (C=O) groups is 1. The number of hydrogen-bond acceptors (Lipinski definition) is 6. The molecule has 0 radical (unpaired) electrons. The molecule has 1 amide bonds. The van der Waals surface area contributed by atoms with Gasteiger partial charge in [0.05, 0.1) is 6.21 Å². The molecule has 18 heavy (non-hydrogen) atoms. The van der Waals surface area contributed by atoms with Crippen LogP contribution in [0.5, 0.6) is 5.75 Å². The minimum Gasteiger partial charge on any atom is -0.508 e. The fourth-order valence-corrected chi connectivity index (χ4v) is 1.16. The van der Waals surface area contributed by atoms with Crippen molar-refractivity contribution in [1.29, 1.82) is 0 Å². The number of phenolic OH excluding ortho intramolecular Hbond substituents is 1. The van der Waals surface area contributed by atoms with Gasteiger partial charge in [-0.05, 0) is 29.8 Å². The van der Waals surface area contributed by atoms with E-state index in [0.29, 0.717) is 0 Å². The fourth-order valence-electron chi connectivity index (χ4n) is 1.16. The van der Waals surface area contributed by atoms with Crippen molar-refractivity contribution < 1.29 is 9.90 Å². The Bertz CT molecular complexity index is 574. The lowest BCUT2D eigenvalue weighted by Crippen LogP contribution is -2.19. The van der Waals surface area contributed by atoms with Gasteiger partial charge >= 0.3 is 5.91 Å². The first-order valence-electron chi connectivity index (χ1n) is 4.95. The van der Waals surface area contributed by atoms with Gasteiger partial charge in [-0.1, -0.05) is 0 Å². The Morgan fingerprint density at radius 3 is 2.78 bits per heavy atom. The molecule has 0 saturated heterocycles. The van der Waals surface area contributed by atoms with Gasteiger partial charge in [0.15, 0.2) is 0 Å². The van der Waals surface area contributed by atoms with Crippen molar-refractivity contribution in [3.05, 3.63) is 35.7 Å². The van der Waals surface area contributed by atoms with Crippen molar-refractivity contribution in [2.45, 2.75) is 0 Å². The van der Waals surface area contributed by atoms with Gasteiger partial charge in [0.1, 0.15) is 5.75 Å². The van der Waals surface area contributed by atoms with E-state index >= 15 is 0 Å². The number of aromatic hydroxyl groups is 1. The number of aromatic nitrogens is 3. The Morgan fingerprint density at radius 1 is 1.44 bits per heavy atom. The molecule has 2 aromatic rings. The Hall–Kier alpha value is -2.90. The molecule has 0 bridgehead atoms. The standard InChI is InChI=1S/C10H10N6O2/c11-10-13-8(14-16-10)9(18)15-12-5-6-1-3-7(17)4-2-6/h1-5,17H,(H,15,18)(H3,11,13,14,16)/b12-5+. The number of aromatic amines is 1. The van der Waals surface area contributed by atoms with Gasteiger partial charge in [-0.3, -0.25) is 9.89 Å². The van der Waals surface area contributed by atoms with Crippen LogP contribution in [-0.2, 0) is 0 Å². The fraction of sp³-hybridized carbons (Fsp3) is 0. The lowest BCUT2D eigenvalue weighted by Gasteiger charge is -1.95. The second kappa shape index (κ2) is 4.95. The van der Waals surface area contributed by atoms with Crippen molar-refractivity contribution in [3.63, 3.8) is 0 Å². The van der Waals surface area contributed by atoms with Crippen LogP contribution in [0.3, 0.4) is 0 Å². The third kappa shape index (κ3) is 2.82. The number of nitrogens with two attached hydrogens (primary N) is 1. The molecular formula is C10H10N6O2. The summed E-state index contributed by atoms with van der Waals surface area (Å²) in [4.78, 5) is 15.1. The molecule has 0 aliphatic heterocycles. The summed E-state index contributed by atoms with van der Waals surface area (Å²) in [5.41, 5.74) is 8.24. The molecule has 0 aliphatic carbocycles. The smallest absolute Gasteiger partial charge is 0.308 e. The second-order valence-electron chi connectivity index (χ2n) is 3.33. The highest BCUT2D eigenvalue weighted by molar-refractivity contribution is 5.91. The third-order valence-corrected chi connectivity index (χ3v) is 1.99. The number of nitrogens with zero attached hydrogens (tertiary/aromatic N) is 3. The first kappa shape index (κ1) is 11.6. The Labute approximate surface area is 102 Å². The summed E-state index contributed by atoms with van der Waals surface area (Å²) < 4.78 is 0. The molecule has 5 N–H and O–H groups in total. The number of benzene rings is 1. The molecule has 0 aliphatic rings. The van der Waals surface area contributed by atoms with E-state index in [2.05, 4.69) is 25.7 Å². The summed E-state index contributed by atoms with van der Waals surface area (Å²) in [6, 6.07) is 6.33. The summed E-state index contributed by atoms with van der Waals surface area (Å²) >= 11 is 0. The van der Waals surface area contributed by atoms with Crippen LogP contribution in [-0.4, -0.2) is 32.4 Å². The number of phenols is 1. The number of nitrogen functional groups attached to an aromatic ring is 1. The number of anilines is 1. The number of H-pyrrole nitrogens is 1. The molecule has 8 heteroatoms. The first-order valence-corrected chi connectivity index (χ1v) is 4.95. The molecule has 1 aromatic heterocycles. The average molecular weight is 246 g/mol. The molecule has 0 unspecified atom stereocenters. The largest absolute Gasteiger partial charge is 0.508 e. The normalized spacial score (nSPS) is 10.7. The summed E-state index contributed by atoms with van der Waals surface area (Å²) in [6.45, 7) is 0. The monoisotopic (exact) mass is 246 g/mol. The van der Waals surface area contributed by atoms with Crippen molar-refractivity contribution in [2.24, 2.45) is 5.10 Å². The van der Waals surface area contributed by atoms with Crippen LogP contribution in [0.1, 0.15) is 16.2 Å². The van der Waals surface area contributed by atoms with Gasteiger partial charge in [0, 0.05) is 0 Å². The van der Waals surface area contributed by atoms with Crippen molar-refractivity contribution in [1.82, 2.24) is 20.6 Å². The van der Waals surface area contributed by atoms with E-state index < -0.39 is 5.91 Å². The maximum absolute atomic E-state index is 11.4. The predicted octanol–water partition coefficient (Wildman–Crippen LogP) is -0.144. The first-order chi connectivity index (χ1) is 8.65. The van der Waals surface area contributed by atoms with Crippen LogP contribution < -0.4 is 11.2 Å². The van der Waals surface area contributed by atoms with E-state index in [9.17, 15) is 4.79 Å². The van der Waals surface area contributed by atoms with Crippen LogP contribution in [0, 0.1) is 0 Å². The zero-order valence-corrected chi connectivity index (χ0v) is 9.16. The quantitative estimate of drug-likeness (QED) is 0.442. The third-order valence-electron chi connectivity index (χ3n) is 1.99. The van der Waals surface area contributed by atoms with Crippen LogP contribution in [0.25, 0.3) is 0 Å². The summed E-state index contributed by atoms with van der Waals surface area (Å²) in [7, 11) is 0. The molecule has 0 spiro atoms. The topological polar surface area (TPSA) is 129 Å². The number of carbonyl (C=O) groups excluding carboxylic acids is 1. The van der Waals surface area contributed by atoms with Crippen molar-refractivity contribution in [2.75, 3.05) is 5.73 Å². The molecule has 1 heterocycles. The van der Waals surface area contributed by atoms with Gasteiger partial charge in [-0.2, -0.15) is 10.1 Å². The van der Waals surface area contributed by atoms with E-state index in [1.165, 1.54) is 18.3 Å². The average Bonchev–Trinajstić information content (AvgIpc) is 2.78. The SMILES string of the molecule is Nc1n[nH]c(C(=O)N/N=C/c2ccc(O)cc2)n1. The Balaban J connectivity index is 1.95. The van der Waals surface area contributed by atoms with E-state index in [1.54, 1.807) is 12.1 Å². The van der Waals surface area contributed by atoms with Crippen LogP contribution in [0.4, 0.5) is 5.95 Å². The van der Waals surface area contributed by atoms with Gasteiger partial charge < -0.3 is 10.8 Å². The number of rotatable bonds is 3. The minimum atomic E-state index is -0.547. The maximum Gasteiger partial charge on any atom is 0.308 e. The van der Waals surface area contributed by atoms with Gasteiger partial charge in [-0.25, -0.2) is 5.43 Å².